The highest BCUT2D eigenvalue weighted by Gasteiger charge is 2.42. The van der Waals surface area contributed by atoms with Crippen LogP contribution in [-0.2, 0) is 9.53 Å². The number of methoxy groups -OCH3 is 1. The first-order valence-electron chi connectivity index (χ1n) is 9.58. The number of carbonyl (C=O) groups excluding carboxylic acids is 2. The number of furan rings is 1. The molecular formula is C21H26N2O4. The number of hydrogen-bond donors (Lipinski definition) is 0. The molecule has 2 bridgehead atoms. The van der Waals surface area contributed by atoms with Crippen LogP contribution in [0, 0.1) is 19.8 Å². The molecule has 2 atom stereocenters. The Kier molecular flexibility index (Phi) is 4.68. The number of aryl methyl sites for hydroxylation is 2. The minimum atomic E-state index is -0.128. The summed E-state index contributed by atoms with van der Waals surface area (Å²) in [6, 6.07) is 6.05. The zero-order valence-electron chi connectivity index (χ0n) is 16.2. The number of ether oxygens (including phenoxy) is 1. The van der Waals surface area contributed by atoms with Crippen LogP contribution in [0.1, 0.15) is 34.5 Å². The average molecular weight is 370 g/mol. The first-order chi connectivity index (χ1) is 13.0. The van der Waals surface area contributed by atoms with Gasteiger partial charge in [0.1, 0.15) is 5.58 Å². The third-order valence-electron chi connectivity index (χ3n) is 5.90. The molecule has 6 nitrogen and oxygen atoms in total. The Labute approximate surface area is 159 Å². The van der Waals surface area contributed by atoms with Crippen LogP contribution in [0.25, 0.3) is 11.0 Å². The molecule has 2 amide bonds. The quantitative estimate of drug-likeness (QED) is 0.830. The van der Waals surface area contributed by atoms with E-state index < -0.39 is 0 Å². The number of benzene rings is 1. The van der Waals surface area contributed by atoms with Gasteiger partial charge in [0.05, 0.1) is 12.5 Å². The summed E-state index contributed by atoms with van der Waals surface area (Å²) < 4.78 is 11.1. The summed E-state index contributed by atoms with van der Waals surface area (Å²) in [5, 5.41) is 0.972. The number of carbonyl (C=O) groups is 2. The van der Waals surface area contributed by atoms with Gasteiger partial charge in [-0.15, -0.1) is 0 Å². The first-order valence-corrected chi connectivity index (χ1v) is 9.58. The van der Waals surface area contributed by atoms with Crippen LogP contribution in [0.5, 0.6) is 0 Å². The van der Waals surface area contributed by atoms with E-state index in [1.807, 2.05) is 41.8 Å². The average Bonchev–Trinajstić information content (AvgIpc) is 2.80. The van der Waals surface area contributed by atoms with Crippen LogP contribution in [-0.4, -0.2) is 61.0 Å². The molecule has 3 fully saturated rings. The summed E-state index contributed by atoms with van der Waals surface area (Å²) >= 11 is 0. The largest absolute Gasteiger partial charge is 0.451 e. The lowest BCUT2D eigenvalue weighted by Gasteiger charge is -2.35. The maximum Gasteiger partial charge on any atom is 0.289 e. The van der Waals surface area contributed by atoms with Gasteiger partial charge < -0.3 is 19.0 Å². The normalized spacial score (nSPS) is 22.6. The van der Waals surface area contributed by atoms with Crippen molar-refractivity contribution < 1.29 is 18.7 Å². The molecule has 144 valence electrons. The van der Waals surface area contributed by atoms with Crippen molar-refractivity contribution in [3.63, 3.8) is 0 Å². The monoisotopic (exact) mass is 370 g/mol. The second kappa shape index (κ2) is 7.00. The molecule has 0 aliphatic carbocycles. The van der Waals surface area contributed by atoms with E-state index in [0.29, 0.717) is 32.0 Å². The van der Waals surface area contributed by atoms with E-state index in [9.17, 15) is 9.59 Å². The van der Waals surface area contributed by atoms with Crippen LogP contribution < -0.4 is 0 Å². The van der Waals surface area contributed by atoms with Crippen LogP contribution >= 0.6 is 0 Å². The van der Waals surface area contributed by atoms with Gasteiger partial charge in [-0.2, -0.15) is 0 Å². The maximum absolute atomic E-state index is 13.3. The molecule has 27 heavy (non-hydrogen) atoms. The Bertz CT molecular complexity index is 888. The predicted octanol–water partition coefficient (Wildman–Crippen LogP) is 2.76. The first kappa shape index (κ1) is 18.0. The Morgan fingerprint density at radius 3 is 2.85 bits per heavy atom. The fourth-order valence-corrected chi connectivity index (χ4v) is 4.37. The highest BCUT2D eigenvalue weighted by Crippen LogP contribution is 2.32. The number of piperidine rings is 1. The van der Waals surface area contributed by atoms with E-state index >= 15 is 0 Å². The van der Waals surface area contributed by atoms with Crippen LogP contribution in [0.2, 0.25) is 0 Å². The van der Waals surface area contributed by atoms with Crippen LogP contribution in [0.15, 0.2) is 22.6 Å². The number of fused-ring (bicyclic) bond motifs is 5. The SMILES string of the molecule is COCCN1C(=O)[C@H]2CC[C@@H]1CN(C(=O)c1oc3cc(C)ccc3c1C)C2. The number of amides is 2. The molecule has 4 heterocycles. The lowest BCUT2D eigenvalue weighted by atomic mass is 9.94. The van der Waals surface area contributed by atoms with Gasteiger partial charge in [-0.25, -0.2) is 0 Å². The van der Waals surface area contributed by atoms with Crippen molar-refractivity contribution in [2.45, 2.75) is 32.7 Å². The maximum atomic E-state index is 13.3. The van der Waals surface area contributed by atoms with E-state index in [1.54, 1.807) is 7.11 Å². The molecule has 6 heteroatoms. The highest BCUT2D eigenvalue weighted by molar-refractivity contribution is 5.99. The lowest BCUT2D eigenvalue weighted by molar-refractivity contribution is -0.140. The third kappa shape index (κ3) is 3.12. The third-order valence-corrected chi connectivity index (χ3v) is 5.90. The summed E-state index contributed by atoms with van der Waals surface area (Å²) in [5.41, 5.74) is 2.71. The lowest BCUT2D eigenvalue weighted by Crippen LogP contribution is -2.49. The van der Waals surface area contributed by atoms with Gasteiger partial charge in [0.2, 0.25) is 5.91 Å². The number of hydrogen-bond acceptors (Lipinski definition) is 4. The number of rotatable bonds is 4. The van der Waals surface area contributed by atoms with Crippen molar-refractivity contribution >= 4 is 22.8 Å². The van der Waals surface area contributed by atoms with Gasteiger partial charge in [0.25, 0.3) is 5.91 Å². The van der Waals surface area contributed by atoms with Crippen molar-refractivity contribution in [2.24, 2.45) is 5.92 Å². The van der Waals surface area contributed by atoms with Gasteiger partial charge >= 0.3 is 0 Å². The Morgan fingerprint density at radius 2 is 2.07 bits per heavy atom. The van der Waals surface area contributed by atoms with Gasteiger partial charge in [0, 0.05) is 43.7 Å². The highest BCUT2D eigenvalue weighted by atomic mass is 16.5. The van der Waals surface area contributed by atoms with E-state index in [0.717, 1.165) is 34.9 Å². The zero-order chi connectivity index (χ0) is 19.1. The van der Waals surface area contributed by atoms with Gasteiger partial charge in [-0.1, -0.05) is 12.1 Å². The van der Waals surface area contributed by atoms with Gasteiger partial charge in [-0.3, -0.25) is 9.59 Å². The molecule has 0 unspecified atom stereocenters. The predicted molar refractivity (Wildman–Crippen MR) is 102 cm³/mol. The van der Waals surface area contributed by atoms with Crippen molar-refractivity contribution in [3.05, 3.63) is 35.1 Å². The van der Waals surface area contributed by atoms with Gasteiger partial charge in [-0.05, 0) is 38.3 Å². The summed E-state index contributed by atoms with van der Waals surface area (Å²) in [5.74, 6) is 0.305. The molecular weight excluding hydrogens is 344 g/mol. The topological polar surface area (TPSA) is 63.0 Å². The second-order valence-electron chi connectivity index (χ2n) is 7.72. The van der Waals surface area contributed by atoms with E-state index in [4.69, 9.17) is 9.15 Å². The van der Waals surface area contributed by atoms with Crippen LogP contribution in [0.3, 0.4) is 0 Å². The molecule has 3 aliphatic rings. The van der Waals surface area contributed by atoms with Crippen molar-refractivity contribution in [1.82, 2.24) is 9.80 Å². The standard InChI is InChI=1S/C21H26N2O4/c1-13-4-7-17-14(2)19(27-18(17)10-13)21(25)22-11-15-5-6-16(12-22)23(20(15)24)8-9-26-3/h4,7,10,15-16H,5-6,8-9,11-12H2,1-3H3/t15-,16+/m0/s1. The molecule has 0 N–H and O–H groups in total. The van der Waals surface area contributed by atoms with E-state index in [-0.39, 0.29) is 23.8 Å². The molecule has 5 rings (SSSR count). The summed E-state index contributed by atoms with van der Waals surface area (Å²) in [4.78, 5) is 29.7. The molecule has 0 saturated carbocycles. The molecule has 0 spiro atoms. The van der Waals surface area contributed by atoms with Crippen molar-refractivity contribution in [2.75, 3.05) is 33.4 Å². The van der Waals surface area contributed by atoms with E-state index in [1.165, 1.54) is 0 Å². The van der Waals surface area contributed by atoms with Gasteiger partial charge in [0.15, 0.2) is 5.76 Å². The fourth-order valence-electron chi connectivity index (χ4n) is 4.37. The summed E-state index contributed by atoms with van der Waals surface area (Å²) in [6.45, 7) is 6.06. The molecule has 3 aliphatic heterocycles. The Hall–Kier alpha value is -2.34. The fraction of sp³-hybridized carbons (Fsp3) is 0.524. The molecule has 3 saturated heterocycles. The van der Waals surface area contributed by atoms with Crippen molar-refractivity contribution in [1.29, 1.82) is 0 Å². The minimum absolute atomic E-state index is 0.0577. The molecule has 2 aromatic rings. The zero-order valence-corrected chi connectivity index (χ0v) is 16.2. The minimum Gasteiger partial charge on any atom is -0.451 e. The smallest absolute Gasteiger partial charge is 0.289 e. The molecule has 1 aromatic heterocycles. The molecule has 0 radical (unpaired) electrons. The Balaban J connectivity index is 1.62. The summed E-state index contributed by atoms with van der Waals surface area (Å²) in [7, 11) is 1.64. The van der Waals surface area contributed by atoms with E-state index in [2.05, 4.69) is 0 Å². The number of nitrogens with zero attached hydrogens (tertiary/aromatic N) is 2. The summed E-state index contributed by atoms with van der Waals surface area (Å²) in [6.07, 6.45) is 1.78. The second-order valence-corrected chi connectivity index (χ2v) is 7.72. The van der Waals surface area contributed by atoms with Crippen LogP contribution in [0.4, 0.5) is 0 Å². The molecule has 1 aromatic carbocycles. The Morgan fingerprint density at radius 1 is 1.26 bits per heavy atom. The van der Waals surface area contributed by atoms with Crippen molar-refractivity contribution in [3.8, 4) is 0 Å².